The van der Waals surface area contributed by atoms with Gasteiger partial charge in [-0.1, -0.05) is 0 Å². The number of fused-ring (bicyclic) bond motifs is 1. The fraction of sp³-hybridized carbons (Fsp3) is 0.471. The summed E-state index contributed by atoms with van der Waals surface area (Å²) in [5.41, 5.74) is 4.08. The molecule has 5 heteroatoms. The maximum Gasteiger partial charge on any atom is 0.224 e. The molecule has 1 amide bonds. The molecule has 0 aliphatic carbocycles. The summed E-state index contributed by atoms with van der Waals surface area (Å²) in [6, 6.07) is 4.00. The number of aliphatic hydroxyl groups excluding tert-OH is 1. The van der Waals surface area contributed by atoms with Gasteiger partial charge in [-0.3, -0.25) is 4.79 Å². The van der Waals surface area contributed by atoms with Crippen LogP contribution in [0.3, 0.4) is 0 Å². The van der Waals surface area contributed by atoms with E-state index >= 15 is 0 Å². The number of thioether (sulfide) groups is 1. The highest BCUT2D eigenvalue weighted by Gasteiger charge is 2.18. The van der Waals surface area contributed by atoms with Crippen LogP contribution in [-0.4, -0.2) is 35.2 Å². The molecule has 1 heterocycles. The summed E-state index contributed by atoms with van der Waals surface area (Å²) in [5.74, 6) is -0.0547. The van der Waals surface area contributed by atoms with Crippen molar-refractivity contribution in [2.45, 2.75) is 38.5 Å². The topological polar surface area (TPSA) is 62.5 Å². The molecular formula is C17H23NO3S. The van der Waals surface area contributed by atoms with Crippen LogP contribution in [0.4, 0.5) is 0 Å². The van der Waals surface area contributed by atoms with Crippen molar-refractivity contribution >= 4 is 28.6 Å². The summed E-state index contributed by atoms with van der Waals surface area (Å²) in [6.45, 7) is 6.06. The van der Waals surface area contributed by atoms with Crippen LogP contribution < -0.4 is 5.32 Å². The van der Waals surface area contributed by atoms with Crippen molar-refractivity contribution in [2.24, 2.45) is 0 Å². The number of carbonyl (C=O) groups is 1. The molecule has 2 aromatic rings. The van der Waals surface area contributed by atoms with E-state index in [1.54, 1.807) is 18.0 Å². The third-order valence-corrected chi connectivity index (χ3v) is 5.21. The second kappa shape index (κ2) is 7.20. The molecule has 0 saturated heterocycles. The van der Waals surface area contributed by atoms with Crippen molar-refractivity contribution in [3.63, 3.8) is 0 Å². The minimum atomic E-state index is -0.0744. The van der Waals surface area contributed by atoms with Gasteiger partial charge in [0.15, 0.2) is 0 Å². The van der Waals surface area contributed by atoms with Gasteiger partial charge >= 0.3 is 0 Å². The molecule has 2 rings (SSSR count). The van der Waals surface area contributed by atoms with Gasteiger partial charge < -0.3 is 14.8 Å². The van der Waals surface area contributed by atoms with Gasteiger partial charge in [-0.25, -0.2) is 0 Å². The number of amides is 1. The Morgan fingerprint density at radius 1 is 1.36 bits per heavy atom. The van der Waals surface area contributed by atoms with Crippen LogP contribution in [0.5, 0.6) is 0 Å². The van der Waals surface area contributed by atoms with Crippen molar-refractivity contribution in [2.75, 3.05) is 12.9 Å². The first-order valence-electron chi connectivity index (χ1n) is 7.36. The van der Waals surface area contributed by atoms with Crippen LogP contribution in [0.15, 0.2) is 22.8 Å². The molecule has 1 aromatic heterocycles. The van der Waals surface area contributed by atoms with Crippen LogP contribution in [0.1, 0.15) is 23.6 Å². The van der Waals surface area contributed by atoms with Crippen LogP contribution in [0.25, 0.3) is 11.0 Å². The second-order valence-corrected chi connectivity index (χ2v) is 6.76. The SMILES string of the molecule is CSC(CO)C(C)NC(=O)Cc1coc2cc(C)c(C)cc12. The van der Waals surface area contributed by atoms with E-state index in [1.807, 2.05) is 26.2 Å². The monoisotopic (exact) mass is 321 g/mol. The minimum absolute atomic E-state index is 0.00920. The summed E-state index contributed by atoms with van der Waals surface area (Å²) in [7, 11) is 0. The van der Waals surface area contributed by atoms with Crippen LogP contribution in [-0.2, 0) is 11.2 Å². The average Bonchev–Trinajstić information content (AvgIpc) is 2.83. The Bertz CT molecular complexity index is 661. The summed E-state index contributed by atoms with van der Waals surface area (Å²) < 4.78 is 5.56. The maximum atomic E-state index is 12.2. The molecule has 0 aliphatic heterocycles. The fourth-order valence-corrected chi connectivity index (χ4v) is 3.11. The van der Waals surface area contributed by atoms with Gasteiger partial charge in [0.1, 0.15) is 5.58 Å². The molecular weight excluding hydrogens is 298 g/mol. The largest absolute Gasteiger partial charge is 0.464 e. The van der Waals surface area contributed by atoms with E-state index in [2.05, 4.69) is 18.3 Å². The molecule has 0 fully saturated rings. The Labute approximate surface area is 135 Å². The number of nitrogens with one attached hydrogen (secondary N) is 1. The lowest BCUT2D eigenvalue weighted by Crippen LogP contribution is -2.41. The van der Waals surface area contributed by atoms with Crippen LogP contribution in [0.2, 0.25) is 0 Å². The van der Waals surface area contributed by atoms with Crippen molar-refractivity contribution in [3.05, 3.63) is 35.1 Å². The Morgan fingerprint density at radius 3 is 2.68 bits per heavy atom. The number of hydrogen-bond acceptors (Lipinski definition) is 4. The van der Waals surface area contributed by atoms with Crippen molar-refractivity contribution in [3.8, 4) is 0 Å². The van der Waals surface area contributed by atoms with Crippen molar-refractivity contribution in [1.29, 1.82) is 0 Å². The summed E-state index contributed by atoms with van der Waals surface area (Å²) in [4.78, 5) is 12.2. The normalized spacial score (nSPS) is 14.0. The molecule has 2 atom stereocenters. The van der Waals surface area contributed by atoms with E-state index in [-0.39, 0.29) is 30.2 Å². The van der Waals surface area contributed by atoms with Gasteiger partial charge in [0.2, 0.25) is 5.91 Å². The van der Waals surface area contributed by atoms with Crippen molar-refractivity contribution in [1.82, 2.24) is 5.32 Å². The number of benzene rings is 1. The second-order valence-electron chi connectivity index (χ2n) is 5.68. The third-order valence-electron chi connectivity index (χ3n) is 4.05. The van der Waals surface area contributed by atoms with E-state index < -0.39 is 0 Å². The zero-order valence-corrected chi connectivity index (χ0v) is 14.3. The number of furan rings is 1. The van der Waals surface area contributed by atoms with E-state index in [0.29, 0.717) is 0 Å². The smallest absolute Gasteiger partial charge is 0.224 e. The van der Waals surface area contributed by atoms with Gasteiger partial charge in [0.05, 0.1) is 19.3 Å². The Morgan fingerprint density at radius 2 is 2.05 bits per heavy atom. The lowest BCUT2D eigenvalue weighted by Gasteiger charge is -2.21. The molecule has 0 aliphatic rings. The van der Waals surface area contributed by atoms with Gasteiger partial charge in [-0.05, 0) is 50.3 Å². The molecule has 0 spiro atoms. The number of hydrogen-bond donors (Lipinski definition) is 2. The minimum Gasteiger partial charge on any atom is -0.464 e. The van der Waals surface area contributed by atoms with Gasteiger partial charge in [-0.2, -0.15) is 11.8 Å². The third kappa shape index (κ3) is 3.65. The predicted molar refractivity (Wildman–Crippen MR) is 91.4 cm³/mol. The number of aryl methyl sites for hydroxylation is 2. The molecule has 0 radical (unpaired) electrons. The molecule has 0 bridgehead atoms. The van der Waals surface area contributed by atoms with E-state index in [4.69, 9.17) is 4.42 Å². The summed E-state index contributed by atoms with van der Waals surface area (Å²) in [6.07, 6.45) is 3.87. The zero-order valence-electron chi connectivity index (χ0n) is 13.5. The first-order chi connectivity index (χ1) is 10.5. The molecule has 4 nitrogen and oxygen atoms in total. The summed E-state index contributed by atoms with van der Waals surface area (Å²) in [5, 5.41) is 13.2. The highest BCUT2D eigenvalue weighted by Crippen LogP contribution is 2.25. The maximum absolute atomic E-state index is 12.2. The zero-order chi connectivity index (χ0) is 16.3. The lowest BCUT2D eigenvalue weighted by molar-refractivity contribution is -0.121. The number of aliphatic hydroxyl groups is 1. The quantitative estimate of drug-likeness (QED) is 0.859. The first kappa shape index (κ1) is 16.9. The van der Waals surface area contributed by atoms with Gasteiger partial charge in [0.25, 0.3) is 0 Å². The highest BCUT2D eigenvalue weighted by molar-refractivity contribution is 7.99. The Hall–Kier alpha value is -1.46. The lowest BCUT2D eigenvalue weighted by atomic mass is 10.0. The molecule has 2 N–H and O–H groups in total. The predicted octanol–water partition coefficient (Wildman–Crippen LogP) is 2.82. The number of rotatable bonds is 6. The van der Waals surface area contributed by atoms with Crippen LogP contribution >= 0.6 is 11.8 Å². The Kier molecular flexibility index (Phi) is 5.53. The molecule has 0 saturated carbocycles. The molecule has 2 unspecified atom stereocenters. The molecule has 22 heavy (non-hydrogen) atoms. The standard InChI is InChI=1S/C17H23NO3S/c1-10-5-14-13(9-21-15(14)6-11(10)2)7-17(20)18-12(3)16(8-19)22-4/h5-6,9,12,16,19H,7-8H2,1-4H3,(H,18,20). The average molecular weight is 321 g/mol. The summed E-state index contributed by atoms with van der Waals surface area (Å²) >= 11 is 1.55. The molecule has 120 valence electrons. The van der Waals surface area contributed by atoms with E-state index in [9.17, 15) is 9.90 Å². The van der Waals surface area contributed by atoms with E-state index in [1.165, 1.54) is 11.1 Å². The first-order valence-corrected chi connectivity index (χ1v) is 8.65. The number of carbonyl (C=O) groups excluding carboxylic acids is 1. The molecule has 1 aromatic carbocycles. The fourth-order valence-electron chi connectivity index (χ4n) is 2.48. The van der Waals surface area contributed by atoms with Gasteiger partial charge in [-0.15, -0.1) is 0 Å². The van der Waals surface area contributed by atoms with Crippen LogP contribution in [0, 0.1) is 13.8 Å². The van der Waals surface area contributed by atoms with Gasteiger partial charge in [0, 0.05) is 22.2 Å². The van der Waals surface area contributed by atoms with E-state index in [0.717, 1.165) is 16.5 Å². The Balaban J connectivity index is 2.10. The van der Waals surface area contributed by atoms with Crippen molar-refractivity contribution < 1.29 is 14.3 Å². The highest BCUT2D eigenvalue weighted by atomic mass is 32.2.